The number of hydrogen-bond acceptors (Lipinski definition) is 5. The molecule has 2 amide bonds. The van der Waals surface area contributed by atoms with Crippen LogP contribution >= 0.6 is 11.3 Å². The Bertz CT molecular complexity index is 1010. The lowest BCUT2D eigenvalue weighted by atomic mass is 9.96. The number of carbonyl (C=O) groups excluding carboxylic acids is 2. The second-order valence-electron chi connectivity index (χ2n) is 6.97. The molecule has 28 heavy (non-hydrogen) atoms. The summed E-state index contributed by atoms with van der Waals surface area (Å²) in [5.41, 5.74) is 2.01. The number of carbonyl (C=O) groups is 2. The zero-order chi connectivity index (χ0) is 19.8. The zero-order valence-electron chi connectivity index (χ0n) is 15.3. The summed E-state index contributed by atoms with van der Waals surface area (Å²) in [4.78, 5) is 32.3. The molecule has 0 saturated carbocycles. The van der Waals surface area contributed by atoms with E-state index in [9.17, 15) is 14.7 Å². The number of nitrogens with one attached hydrogen (secondary N) is 2. The molecule has 1 aliphatic heterocycles. The molecule has 0 fully saturated rings. The van der Waals surface area contributed by atoms with Crippen LogP contribution in [0.5, 0.6) is 0 Å². The van der Waals surface area contributed by atoms with E-state index in [0.29, 0.717) is 17.8 Å². The number of nitrogens with zero attached hydrogens (tertiary/aromatic N) is 1. The molecular weight excluding hydrogens is 378 g/mol. The number of aliphatic hydroxyl groups excluding tert-OH is 2. The average molecular weight is 399 g/mol. The number of aromatic amines is 1. The van der Waals surface area contributed by atoms with Crippen molar-refractivity contribution in [2.45, 2.75) is 25.5 Å². The van der Waals surface area contributed by atoms with Gasteiger partial charge < -0.3 is 25.4 Å². The number of aryl methyl sites for hydroxylation is 1. The normalized spacial score (nSPS) is 17.6. The molecule has 0 bridgehead atoms. The smallest absolute Gasteiger partial charge is 0.268 e. The molecule has 7 nitrogen and oxygen atoms in total. The standard InChI is InChI=1S/C20H21N3O4S/c1-11-6-13-8-15(22-19(13)28-11)18(26)21-16-7-12-4-2-3-5-17(12)23(20(16)27)9-14(25)10-24/h2-6,8,14,16,22,24-25H,7,9-10H2,1H3,(H,21,26)/t14-,16?/m1/s1. The quantitative estimate of drug-likeness (QED) is 0.523. The summed E-state index contributed by atoms with van der Waals surface area (Å²) >= 11 is 1.58. The number of fused-ring (bicyclic) bond motifs is 2. The minimum atomic E-state index is -1.05. The second-order valence-corrected chi connectivity index (χ2v) is 8.22. The van der Waals surface area contributed by atoms with Crippen molar-refractivity contribution in [3.63, 3.8) is 0 Å². The number of benzene rings is 1. The second kappa shape index (κ2) is 7.38. The van der Waals surface area contributed by atoms with Crippen LogP contribution in [0.1, 0.15) is 20.9 Å². The molecule has 0 radical (unpaired) electrons. The van der Waals surface area contributed by atoms with E-state index in [-0.39, 0.29) is 18.4 Å². The third kappa shape index (κ3) is 3.42. The molecular formula is C20H21N3O4S. The predicted octanol–water partition coefficient (Wildman–Crippen LogP) is 1.58. The van der Waals surface area contributed by atoms with Crippen LogP contribution < -0.4 is 10.2 Å². The van der Waals surface area contributed by atoms with E-state index in [2.05, 4.69) is 10.3 Å². The number of hydrogen-bond donors (Lipinski definition) is 4. The lowest BCUT2D eigenvalue weighted by Crippen LogP contribution is -2.54. The lowest BCUT2D eigenvalue weighted by molar-refractivity contribution is -0.121. The van der Waals surface area contributed by atoms with Crippen LogP contribution in [0.2, 0.25) is 0 Å². The maximum atomic E-state index is 13.0. The molecule has 3 aromatic rings. The van der Waals surface area contributed by atoms with Gasteiger partial charge in [-0.05, 0) is 30.7 Å². The van der Waals surface area contributed by atoms with Crippen molar-refractivity contribution in [3.05, 3.63) is 52.5 Å². The number of H-pyrrole nitrogens is 1. The first-order valence-electron chi connectivity index (χ1n) is 9.04. The van der Waals surface area contributed by atoms with Gasteiger partial charge in [0.25, 0.3) is 5.91 Å². The van der Waals surface area contributed by atoms with Gasteiger partial charge in [-0.2, -0.15) is 0 Å². The topological polar surface area (TPSA) is 106 Å². The summed E-state index contributed by atoms with van der Waals surface area (Å²) in [5, 5.41) is 22.8. The first kappa shape index (κ1) is 18.7. The monoisotopic (exact) mass is 399 g/mol. The Kier molecular flexibility index (Phi) is 4.92. The molecule has 3 heterocycles. The number of thiophene rings is 1. The van der Waals surface area contributed by atoms with Gasteiger partial charge in [0, 0.05) is 22.4 Å². The molecule has 8 heteroatoms. The van der Waals surface area contributed by atoms with E-state index >= 15 is 0 Å². The molecule has 0 saturated heterocycles. The molecule has 4 rings (SSSR count). The Morgan fingerprint density at radius 2 is 2.18 bits per heavy atom. The van der Waals surface area contributed by atoms with E-state index in [4.69, 9.17) is 5.11 Å². The van der Waals surface area contributed by atoms with Gasteiger partial charge in [-0.1, -0.05) is 18.2 Å². The molecule has 2 aromatic heterocycles. The maximum Gasteiger partial charge on any atom is 0.268 e. The first-order valence-corrected chi connectivity index (χ1v) is 9.86. The molecule has 4 N–H and O–H groups in total. The Morgan fingerprint density at radius 3 is 2.93 bits per heavy atom. The number of aliphatic hydroxyl groups is 2. The van der Waals surface area contributed by atoms with Crippen molar-refractivity contribution in [1.82, 2.24) is 10.3 Å². The molecule has 146 valence electrons. The van der Waals surface area contributed by atoms with E-state index in [0.717, 1.165) is 20.7 Å². The van der Waals surface area contributed by atoms with Crippen molar-refractivity contribution < 1.29 is 19.8 Å². The SMILES string of the molecule is Cc1cc2cc(C(=O)NC3Cc4ccccc4N(C[C@@H](O)CO)C3=O)[nH]c2s1. The largest absolute Gasteiger partial charge is 0.394 e. The summed E-state index contributed by atoms with van der Waals surface area (Å²) in [6.45, 7) is 1.53. The van der Waals surface area contributed by atoms with Gasteiger partial charge in [0.1, 0.15) is 16.6 Å². The summed E-state index contributed by atoms with van der Waals surface area (Å²) in [6, 6.07) is 10.4. The minimum Gasteiger partial charge on any atom is -0.394 e. The number of anilines is 1. The van der Waals surface area contributed by atoms with Crippen molar-refractivity contribution in [3.8, 4) is 0 Å². The van der Waals surface area contributed by atoms with Crippen LogP contribution in [0.25, 0.3) is 10.2 Å². The average Bonchev–Trinajstić information content (AvgIpc) is 3.22. The van der Waals surface area contributed by atoms with Crippen molar-refractivity contribution in [2.75, 3.05) is 18.1 Å². The highest BCUT2D eigenvalue weighted by Crippen LogP contribution is 2.29. The van der Waals surface area contributed by atoms with Gasteiger partial charge in [0.05, 0.1) is 19.3 Å². The number of β-amino-alcohol motifs (C(OH)–C–C–N with tert-alkyl or cyclic N) is 1. The van der Waals surface area contributed by atoms with Gasteiger partial charge in [-0.25, -0.2) is 0 Å². The highest BCUT2D eigenvalue weighted by atomic mass is 32.1. The predicted molar refractivity (Wildman–Crippen MR) is 108 cm³/mol. The van der Waals surface area contributed by atoms with E-state index in [1.54, 1.807) is 23.5 Å². The third-order valence-electron chi connectivity index (χ3n) is 4.86. The van der Waals surface area contributed by atoms with Crippen molar-refractivity contribution >= 4 is 39.1 Å². The van der Waals surface area contributed by atoms with Crippen LogP contribution in [0.4, 0.5) is 5.69 Å². The van der Waals surface area contributed by atoms with Crippen LogP contribution in [0.15, 0.2) is 36.4 Å². The number of para-hydroxylation sites is 1. The van der Waals surface area contributed by atoms with Crippen LogP contribution in [0.3, 0.4) is 0 Å². The Labute approximate surface area is 165 Å². The third-order valence-corrected chi connectivity index (χ3v) is 5.84. The van der Waals surface area contributed by atoms with Gasteiger partial charge >= 0.3 is 0 Å². The number of rotatable bonds is 5. The highest BCUT2D eigenvalue weighted by molar-refractivity contribution is 7.18. The molecule has 1 aliphatic rings. The van der Waals surface area contributed by atoms with Crippen LogP contribution in [-0.2, 0) is 11.2 Å². The van der Waals surface area contributed by atoms with Crippen molar-refractivity contribution in [1.29, 1.82) is 0 Å². The summed E-state index contributed by atoms with van der Waals surface area (Å²) in [7, 11) is 0. The fraction of sp³-hybridized carbons (Fsp3) is 0.300. The Morgan fingerprint density at radius 1 is 1.39 bits per heavy atom. The molecule has 2 atom stereocenters. The first-order chi connectivity index (χ1) is 13.5. The van der Waals surface area contributed by atoms with E-state index < -0.39 is 18.8 Å². The lowest BCUT2D eigenvalue weighted by Gasteiger charge is -2.35. The number of aromatic nitrogens is 1. The molecule has 0 spiro atoms. The maximum absolute atomic E-state index is 13.0. The fourth-order valence-corrected chi connectivity index (χ4v) is 4.45. The molecule has 0 aliphatic carbocycles. The van der Waals surface area contributed by atoms with Gasteiger partial charge in [-0.3, -0.25) is 9.59 Å². The van der Waals surface area contributed by atoms with Crippen LogP contribution in [0, 0.1) is 6.92 Å². The van der Waals surface area contributed by atoms with Gasteiger partial charge in [0.2, 0.25) is 5.91 Å². The van der Waals surface area contributed by atoms with Gasteiger partial charge in [-0.15, -0.1) is 11.3 Å². The van der Waals surface area contributed by atoms with E-state index in [1.807, 2.05) is 31.2 Å². The zero-order valence-corrected chi connectivity index (χ0v) is 16.1. The fourth-order valence-electron chi connectivity index (χ4n) is 3.54. The Hall–Kier alpha value is -2.68. The molecule has 1 aromatic carbocycles. The Balaban J connectivity index is 1.57. The van der Waals surface area contributed by atoms with Crippen molar-refractivity contribution in [2.24, 2.45) is 0 Å². The van der Waals surface area contributed by atoms with Gasteiger partial charge in [0.15, 0.2) is 0 Å². The summed E-state index contributed by atoms with van der Waals surface area (Å²) < 4.78 is 0. The van der Waals surface area contributed by atoms with E-state index in [1.165, 1.54) is 4.90 Å². The minimum absolute atomic E-state index is 0.0315. The highest BCUT2D eigenvalue weighted by Gasteiger charge is 2.34. The molecule has 1 unspecified atom stereocenters. The van der Waals surface area contributed by atoms with Crippen LogP contribution in [-0.4, -0.2) is 52.3 Å². The number of amides is 2. The summed E-state index contributed by atoms with van der Waals surface area (Å²) in [6.07, 6.45) is -0.675. The summed E-state index contributed by atoms with van der Waals surface area (Å²) in [5.74, 6) is -0.648.